The van der Waals surface area contributed by atoms with E-state index in [-0.39, 0.29) is 19.0 Å². The third kappa shape index (κ3) is 7.74. The molecule has 0 unspecified atom stereocenters. The fourth-order valence-electron chi connectivity index (χ4n) is 3.81. The van der Waals surface area contributed by atoms with Crippen LogP contribution >= 0.6 is 11.3 Å². The van der Waals surface area contributed by atoms with Crippen LogP contribution in [0, 0.1) is 17.8 Å². The van der Waals surface area contributed by atoms with E-state index in [1.54, 1.807) is 13.3 Å². The van der Waals surface area contributed by atoms with Crippen LogP contribution in [0.2, 0.25) is 0 Å². The molecule has 210 valence electrons. The van der Waals surface area contributed by atoms with Crippen molar-refractivity contribution in [3.63, 3.8) is 0 Å². The molecule has 1 aromatic carbocycles. The normalized spacial score (nSPS) is 13.4. The summed E-state index contributed by atoms with van der Waals surface area (Å²) in [6.07, 6.45) is 4.08. The largest absolute Gasteiger partial charge is 0.494 e. The zero-order valence-electron chi connectivity index (χ0n) is 22.5. The van der Waals surface area contributed by atoms with Gasteiger partial charge in [0.1, 0.15) is 18.2 Å². The third-order valence-electron chi connectivity index (χ3n) is 6.05. The van der Waals surface area contributed by atoms with Crippen molar-refractivity contribution in [2.75, 3.05) is 44.7 Å². The fourth-order valence-corrected chi connectivity index (χ4v) is 4.40. The number of nitrogens with two attached hydrogens (primary N) is 1. The molecule has 3 aromatic rings. The smallest absolute Gasteiger partial charge is 0.280 e. The van der Waals surface area contributed by atoms with Crippen LogP contribution in [0.4, 0.5) is 19.6 Å². The highest BCUT2D eigenvalue weighted by Gasteiger charge is 2.19. The molecule has 2 heterocycles. The van der Waals surface area contributed by atoms with Crippen molar-refractivity contribution in [1.82, 2.24) is 15.2 Å². The van der Waals surface area contributed by atoms with Gasteiger partial charge in [0.05, 0.1) is 19.9 Å². The standard InChI is InChI=1S/C28H31F2N7O2S/c1-32-13-19(12-31)15-37(2)21-8-7-20(22(10-21)23-11-24(27(29)30)33-14-25(23)38-3)16-39-17-34-28-36-35-26(40-28)9-6-18-4-5-18/h7-8,10-14,18,27H,4-5,15-17,31H2,1-3H3,(H,34,36). The Bertz CT molecular complexity index is 1430. The van der Waals surface area contributed by atoms with Gasteiger partial charge in [0.25, 0.3) is 6.43 Å². The third-order valence-corrected chi connectivity index (χ3v) is 6.85. The van der Waals surface area contributed by atoms with Crippen molar-refractivity contribution in [2.24, 2.45) is 16.6 Å². The number of hydrogen-bond acceptors (Lipinski definition) is 10. The molecule has 2 aromatic heterocycles. The molecular formula is C28H31F2N7O2S. The summed E-state index contributed by atoms with van der Waals surface area (Å²) >= 11 is 1.36. The molecule has 0 amide bonds. The van der Waals surface area contributed by atoms with E-state index >= 15 is 0 Å². The lowest BCUT2D eigenvalue weighted by molar-refractivity contribution is 0.139. The van der Waals surface area contributed by atoms with E-state index in [0.29, 0.717) is 39.5 Å². The zero-order valence-corrected chi connectivity index (χ0v) is 23.3. The minimum absolute atomic E-state index is 0.169. The molecule has 1 aliphatic carbocycles. The number of aromatic nitrogens is 3. The topological polar surface area (TPSA) is 111 Å². The summed E-state index contributed by atoms with van der Waals surface area (Å²) < 4.78 is 38.5. The minimum atomic E-state index is -2.73. The van der Waals surface area contributed by atoms with Gasteiger partial charge in [-0.1, -0.05) is 23.3 Å². The predicted molar refractivity (Wildman–Crippen MR) is 154 cm³/mol. The molecule has 4 rings (SSSR count). The van der Waals surface area contributed by atoms with E-state index in [2.05, 4.69) is 37.3 Å². The van der Waals surface area contributed by atoms with Gasteiger partial charge in [-0.25, -0.2) is 8.78 Å². The van der Waals surface area contributed by atoms with Gasteiger partial charge in [0.15, 0.2) is 5.01 Å². The van der Waals surface area contributed by atoms with Gasteiger partial charge < -0.3 is 25.4 Å². The Labute approximate surface area is 236 Å². The number of nitrogens with one attached hydrogen (secondary N) is 1. The Morgan fingerprint density at radius 2 is 2.12 bits per heavy atom. The van der Waals surface area contributed by atoms with Crippen LogP contribution < -0.4 is 20.7 Å². The molecule has 0 radical (unpaired) electrons. The maximum absolute atomic E-state index is 13.6. The fraction of sp³-hybridized carbons (Fsp3) is 0.357. The Hall–Kier alpha value is -4.08. The highest BCUT2D eigenvalue weighted by molar-refractivity contribution is 7.15. The van der Waals surface area contributed by atoms with Gasteiger partial charge in [-0.05, 0) is 48.1 Å². The van der Waals surface area contributed by atoms with Gasteiger partial charge in [-0.3, -0.25) is 9.98 Å². The van der Waals surface area contributed by atoms with Crippen molar-refractivity contribution in [1.29, 1.82) is 0 Å². The van der Waals surface area contributed by atoms with Crippen LogP contribution in [0.25, 0.3) is 11.1 Å². The predicted octanol–water partition coefficient (Wildman–Crippen LogP) is 4.87. The van der Waals surface area contributed by atoms with Gasteiger partial charge in [0, 0.05) is 55.8 Å². The number of rotatable bonds is 12. The second-order valence-corrected chi connectivity index (χ2v) is 10.0. The summed E-state index contributed by atoms with van der Waals surface area (Å²) in [5, 5.41) is 12.5. The number of aliphatic imine (C=N–C) groups is 1. The maximum atomic E-state index is 13.6. The van der Waals surface area contributed by atoms with Gasteiger partial charge in [-0.15, -0.1) is 10.2 Å². The molecule has 3 N–H and O–H groups in total. The molecule has 1 aliphatic rings. The molecule has 1 fully saturated rings. The first-order chi connectivity index (χ1) is 19.4. The average Bonchev–Trinajstić information content (AvgIpc) is 3.69. The van der Waals surface area contributed by atoms with Crippen LogP contribution in [-0.2, 0) is 11.3 Å². The first kappa shape index (κ1) is 28.9. The molecule has 9 nitrogen and oxygen atoms in total. The number of likely N-dealkylation sites (N-methyl/N-ethyl adjacent to an activating group) is 1. The van der Waals surface area contributed by atoms with Crippen molar-refractivity contribution in [3.05, 3.63) is 58.5 Å². The monoisotopic (exact) mass is 567 g/mol. The number of alkyl halides is 2. The Morgan fingerprint density at radius 1 is 1.30 bits per heavy atom. The summed E-state index contributed by atoms with van der Waals surface area (Å²) in [5.74, 6) is 7.08. The lowest BCUT2D eigenvalue weighted by Crippen LogP contribution is -2.21. The number of ether oxygens (including phenoxy) is 2. The highest BCUT2D eigenvalue weighted by atomic mass is 32.1. The summed E-state index contributed by atoms with van der Waals surface area (Å²) in [5.41, 5.74) is 9.02. The van der Waals surface area contributed by atoms with Crippen molar-refractivity contribution < 1.29 is 18.3 Å². The van der Waals surface area contributed by atoms with E-state index < -0.39 is 6.43 Å². The number of anilines is 2. The van der Waals surface area contributed by atoms with Crippen molar-refractivity contribution in [2.45, 2.75) is 25.9 Å². The van der Waals surface area contributed by atoms with E-state index in [1.807, 2.05) is 30.1 Å². The Kier molecular flexibility index (Phi) is 9.99. The van der Waals surface area contributed by atoms with Gasteiger partial charge in [0.2, 0.25) is 5.13 Å². The van der Waals surface area contributed by atoms with Gasteiger partial charge in [-0.2, -0.15) is 0 Å². The van der Waals surface area contributed by atoms with Crippen LogP contribution in [0.5, 0.6) is 5.75 Å². The Balaban J connectivity index is 1.55. The van der Waals surface area contributed by atoms with Crippen LogP contribution in [0.1, 0.15) is 35.5 Å². The van der Waals surface area contributed by atoms with E-state index in [9.17, 15) is 8.78 Å². The first-order valence-electron chi connectivity index (χ1n) is 12.6. The van der Waals surface area contributed by atoms with Crippen LogP contribution in [0.3, 0.4) is 0 Å². The lowest BCUT2D eigenvalue weighted by atomic mass is 9.98. The van der Waals surface area contributed by atoms with E-state index in [4.69, 9.17) is 15.2 Å². The molecule has 12 heteroatoms. The molecule has 0 spiro atoms. The van der Waals surface area contributed by atoms with E-state index in [0.717, 1.165) is 29.7 Å². The quantitative estimate of drug-likeness (QED) is 0.138. The highest BCUT2D eigenvalue weighted by Crippen LogP contribution is 2.37. The van der Waals surface area contributed by atoms with E-state index in [1.165, 1.54) is 36.9 Å². The summed E-state index contributed by atoms with van der Waals surface area (Å²) in [6.45, 7) is 0.867. The molecule has 0 saturated heterocycles. The van der Waals surface area contributed by atoms with Crippen molar-refractivity contribution in [3.8, 4) is 28.7 Å². The number of nitrogens with zero attached hydrogens (tertiary/aromatic N) is 5. The number of pyridine rings is 1. The molecule has 1 saturated carbocycles. The Morgan fingerprint density at radius 3 is 2.83 bits per heavy atom. The van der Waals surface area contributed by atoms with Crippen LogP contribution in [0.15, 0.2) is 47.2 Å². The summed E-state index contributed by atoms with van der Waals surface area (Å²) in [6, 6.07) is 7.10. The minimum Gasteiger partial charge on any atom is -0.494 e. The number of benzene rings is 1. The van der Waals surface area contributed by atoms with Crippen molar-refractivity contribution >= 4 is 28.4 Å². The number of halogens is 2. The summed E-state index contributed by atoms with van der Waals surface area (Å²) in [4.78, 5) is 9.86. The van der Waals surface area contributed by atoms with Gasteiger partial charge >= 0.3 is 0 Å². The molecule has 0 bridgehead atoms. The second-order valence-electron chi connectivity index (χ2n) is 9.06. The maximum Gasteiger partial charge on any atom is 0.280 e. The average molecular weight is 568 g/mol. The molecule has 0 aliphatic heterocycles. The first-order valence-corrected chi connectivity index (χ1v) is 13.4. The van der Waals surface area contributed by atoms with Crippen LogP contribution in [-0.4, -0.2) is 55.9 Å². The molecule has 0 atom stereocenters. The number of hydrogen-bond donors (Lipinski definition) is 2. The SMILES string of the molecule is CN=CC(=CN)CN(C)c1ccc(COCNc2nnc(C#CC3CC3)s2)c(-c2cc(C(F)F)ncc2OC)c1. The summed E-state index contributed by atoms with van der Waals surface area (Å²) in [7, 11) is 5.06. The second kappa shape index (κ2) is 13.8. The molecular weight excluding hydrogens is 536 g/mol. The number of methoxy groups -OCH3 is 1. The zero-order chi connectivity index (χ0) is 28.5. The lowest BCUT2D eigenvalue weighted by Gasteiger charge is -2.22. The molecule has 40 heavy (non-hydrogen) atoms.